The summed E-state index contributed by atoms with van der Waals surface area (Å²) < 4.78 is 5.85. The number of ether oxygens (including phenoxy) is 1. The molecule has 1 aliphatic rings. The van der Waals surface area contributed by atoms with Crippen LogP contribution in [-0.2, 0) is 9.53 Å². The molecule has 1 aromatic heterocycles. The van der Waals surface area contributed by atoms with Gasteiger partial charge in [-0.2, -0.15) is 5.01 Å². The van der Waals surface area contributed by atoms with Crippen LogP contribution in [0.3, 0.4) is 0 Å². The zero-order valence-corrected chi connectivity index (χ0v) is 18.1. The summed E-state index contributed by atoms with van der Waals surface area (Å²) in [6.07, 6.45) is -0.829. The quantitative estimate of drug-likeness (QED) is 0.425. The number of hydrogen-bond acceptors (Lipinski definition) is 7. The number of hydrogen-bond donors (Lipinski definition) is 1. The normalized spacial score (nSPS) is 15.1. The maximum Gasteiger partial charge on any atom is 0.324 e. The van der Waals surface area contributed by atoms with E-state index in [-0.39, 0.29) is 22.7 Å². The van der Waals surface area contributed by atoms with E-state index in [4.69, 9.17) is 16.3 Å². The first-order chi connectivity index (χ1) is 15.3. The fraction of sp³-hybridized carbons (Fsp3) is 0.0952. The number of nitrogens with zero attached hydrogens (tertiary/aromatic N) is 3. The van der Waals surface area contributed by atoms with Gasteiger partial charge in [0.25, 0.3) is 11.8 Å². The van der Waals surface area contributed by atoms with Gasteiger partial charge in [-0.15, -0.1) is 5.10 Å². The third kappa shape index (κ3) is 4.46. The van der Waals surface area contributed by atoms with E-state index in [9.17, 15) is 19.7 Å². The van der Waals surface area contributed by atoms with Crippen molar-refractivity contribution in [3.63, 3.8) is 0 Å². The molecule has 162 valence electrons. The van der Waals surface area contributed by atoms with Crippen molar-refractivity contribution in [1.29, 1.82) is 0 Å². The van der Waals surface area contributed by atoms with Crippen LogP contribution >= 0.6 is 22.9 Å². The highest BCUT2D eigenvalue weighted by Gasteiger charge is 2.34. The van der Waals surface area contributed by atoms with E-state index in [1.165, 1.54) is 24.1 Å². The molecule has 3 aromatic rings. The van der Waals surface area contributed by atoms with Gasteiger partial charge in [0.05, 0.1) is 9.80 Å². The number of amides is 2. The summed E-state index contributed by atoms with van der Waals surface area (Å²) >= 11 is 6.75. The van der Waals surface area contributed by atoms with Crippen LogP contribution in [0.25, 0.3) is 0 Å². The van der Waals surface area contributed by atoms with Crippen LogP contribution in [0.15, 0.2) is 65.8 Å². The third-order valence-electron chi connectivity index (χ3n) is 4.51. The van der Waals surface area contributed by atoms with Crippen molar-refractivity contribution >= 4 is 51.3 Å². The van der Waals surface area contributed by atoms with E-state index < -0.39 is 11.2 Å². The molecule has 0 spiro atoms. The Morgan fingerprint density at radius 1 is 1.12 bits per heavy atom. The van der Waals surface area contributed by atoms with Gasteiger partial charge in [0.1, 0.15) is 0 Å². The molecule has 1 N–H and O–H groups in total. The lowest BCUT2D eigenvalue weighted by Gasteiger charge is -2.19. The first kappa shape index (κ1) is 21.5. The predicted molar refractivity (Wildman–Crippen MR) is 120 cm³/mol. The molecular weight excluding hydrogens is 456 g/mol. The van der Waals surface area contributed by atoms with Crippen LogP contribution in [0.5, 0.6) is 0 Å². The molecule has 32 heavy (non-hydrogen) atoms. The number of carbonyl (C=O) groups is 2. The molecule has 0 saturated heterocycles. The van der Waals surface area contributed by atoms with Crippen molar-refractivity contribution in [2.24, 2.45) is 5.10 Å². The fourth-order valence-corrected chi connectivity index (χ4v) is 3.83. The molecule has 4 rings (SSSR count). The smallest absolute Gasteiger partial charge is 0.324 e. The summed E-state index contributed by atoms with van der Waals surface area (Å²) in [4.78, 5) is 35.3. The number of nitrogens with one attached hydrogen (secondary N) is 1. The minimum absolute atomic E-state index is 0.0510. The maximum absolute atomic E-state index is 12.4. The van der Waals surface area contributed by atoms with Crippen molar-refractivity contribution in [2.45, 2.75) is 13.2 Å². The lowest BCUT2D eigenvalue weighted by molar-refractivity contribution is -0.380. The van der Waals surface area contributed by atoms with Gasteiger partial charge >= 0.3 is 5.00 Å². The Kier molecular flexibility index (Phi) is 5.89. The first-order valence-electron chi connectivity index (χ1n) is 9.28. The Bertz CT molecular complexity index is 1220. The number of benzene rings is 2. The van der Waals surface area contributed by atoms with Crippen molar-refractivity contribution < 1.29 is 19.2 Å². The number of nitro groups is 1. The lowest BCUT2D eigenvalue weighted by Crippen LogP contribution is -2.25. The predicted octanol–water partition coefficient (Wildman–Crippen LogP) is 4.80. The van der Waals surface area contributed by atoms with E-state index in [0.717, 1.165) is 11.3 Å². The topological polar surface area (TPSA) is 114 Å². The second-order valence-corrected chi connectivity index (χ2v) is 8.22. The number of hydrazone groups is 1. The number of thiophene rings is 1. The van der Waals surface area contributed by atoms with E-state index in [2.05, 4.69) is 10.4 Å². The van der Waals surface area contributed by atoms with E-state index in [1.54, 1.807) is 48.5 Å². The summed E-state index contributed by atoms with van der Waals surface area (Å²) in [6, 6.07) is 16.2. The second kappa shape index (κ2) is 8.77. The van der Waals surface area contributed by atoms with Crippen LogP contribution in [0.2, 0.25) is 5.02 Å². The number of halogens is 1. The Balaban J connectivity index is 1.50. The molecule has 1 atom stereocenters. The van der Waals surface area contributed by atoms with Gasteiger partial charge in [-0.25, -0.2) is 0 Å². The molecule has 0 aliphatic carbocycles. The molecule has 1 aliphatic heterocycles. The van der Waals surface area contributed by atoms with E-state index in [0.29, 0.717) is 26.7 Å². The Hall–Kier alpha value is -3.76. The molecule has 11 heteroatoms. The highest BCUT2D eigenvalue weighted by atomic mass is 35.5. The summed E-state index contributed by atoms with van der Waals surface area (Å²) in [5, 5.41) is 19.6. The van der Waals surface area contributed by atoms with Crippen LogP contribution in [-0.4, -0.2) is 27.6 Å². The van der Waals surface area contributed by atoms with E-state index >= 15 is 0 Å². The zero-order chi connectivity index (χ0) is 22.8. The van der Waals surface area contributed by atoms with Crippen molar-refractivity contribution in [2.75, 3.05) is 5.32 Å². The average molecular weight is 471 g/mol. The van der Waals surface area contributed by atoms with Gasteiger partial charge < -0.3 is 10.1 Å². The molecule has 9 nitrogen and oxygen atoms in total. The van der Waals surface area contributed by atoms with Crippen molar-refractivity contribution in [3.05, 3.63) is 91.8 Å². The van der Waals surface area contributed by atoms with Crippen molar-refractivity contribution in [1.82, 2.24) is 5.01 Å². The number of rotatable bonds is 5. The van der Waals surface area contributed by atoms with Gasteiger partial charge in [0.15, 0.2) is 0 Å². The summed E-state index contributed by atoms with van der Waals surface area (Å²) in [5.41, 5.74) is 1.63. The Morgan fingerprint density at radius 2 is 1.81 bits per heavy atom. The van der Waals surface area contributed by atoms with Gasteiger partial charge in [-0.3, -0.25) is 19.7 Å². The summed E-state index contributed by atoms with van der Waals surface area (Å²) in [5.74, 6) is -0.513. The molecule has 2 heterocycles. The number of carbonyl (C=O) groups excluding carboxylic acids is 2. The average Bonchev–Trinajstić information content (AvgIpc) is 3.42. The van der Waals surface area contributed by atoms with E-state index in [1.807, 2.05) is 0 Å². The van der Waals surface area contributed by atoms with Gasteiger partial charge in [-0.1, -0.05) is 35.1 Å². The zero-order valence-electron chi connectivity index (χ0n) is 16.5. The molecule has 0 saturated carbocycles. The van der Waals surface area contributed by atoms with Gasteiger partial charge in [0.2, 0.25) is 12.1 Å². The van der Waals surface area contributed by atoms with Gasteiger partial charge in [0, 0.05) is 34.8 Å². The summed E-state index contributed by atoms with van der Waals surface area (Å²) in [6.45, 7) is 1.35. The monoisotopic (exact) mass is 470 g/mol. The fourth-order valence-electron chi connectivity index (χ4n) is 2.96. The highest BCUT2D eigenvalue weighted by Crippen LogP contribution is 2.34. The largest absolute Gasteiger partial charge is 0.445 e. The molecule has 1 unspecified atom stereocenters. The minimum Gasteiger partial charge on any atom is -0.445 e. The Labute approximate surface area is 191 Å². The molecule has 0 radical (unpaired) electrons. The van der Waals surface area contributed by atoms with Crippen LogP contribution in [0.4, 0.5) is 10.7 Å². The molecule has 2 aromatic carbocycles. The summed E-state index contributed by atoms with van der Waals surface area (Å²) in [7, 11) is 0. The lowest BCUT2D eigenvalue weighted by atomic mass is 10.1. The van der Waals surface area contributed by atoms with Crippen LogP contribution in [0.1, 0.15) is 34.0 Å². The first-order valence-corrected chi connectivity index (χ1v) is 10.5. The maximum atomic E-state index is 12.4. The molecule has 0 bridgehead atoms. The minimum atomic E-state index is -0.829. The molecule has 2 amide bonds. The second-order valence-electron chi connectivity index (χ2n) is 6.72. The molecule has 0 fully saturated rings. The third-order valence-corrected chi connectivity index (χ3v) is 5.79. The Morgan fingerprint density at radius 3 is 2.41 bits per heavy atom. The van der Waals surface area contributed by atoms with Gasteiger partial charge in [-0.05, 0) is 42.5 Å². The standard InChI is InChI=1S/C21H15ClN4O5S/c1-12(27)25-21(31-20(24-25)17-10-11-18(32-17)26(29)30)14-4-8-16(9-5-14)23-19(28)13-2-6-15(22)7-3-13/h2-11,21H,1H3,(H,23,28). The van der Waals surface area contributed by atoms with Crippen molar-refractivity contribution in [3.8, 4) is 0 Å². The van der Waals surface area contributed by atoms with Crippen LogP contribution in [0, 0.1) is 10.1 Å². The SMILES string of the molecule is CC(=O)N1N=C(c2ccc([N+](=O)[O-])s2)OC1c1ccc(NC(=O)c2ccc(Cl)cc2)cc1. The highest BCUT2D eigenvalue weighted by molar-refractivity contribution is 7.17. The van der Waals surface area contributed by atoms with Crippen LogP contribution < -0.4 is 5.32 Å². The number of anilines is 1. The molecular formula is C21H15ClN4O5S.